The second kappa shape index (κ2) is 8.44. The maximum absolute atomic E-state index is 11.5. The van der Waals surface area contributed by atoms with E-state index in [0.29, 0.717) is 13.0 Å². The molecule has 1 aromatic carbocycles. The van der Waals surface area contributed by atoms with Crippen molar-refractivity contribution in [2.24, 2.45) is 5.73 Å². The number of amides is 1. The van der Waals surface area contributed by atoms with Gasteiger partial charge in [0, 0.05) is 31.4 Å². The Labute approximate surface area is 130 Å². The second-order valence-electron chi connectivity index (χ2n) is 4.98. The van der Waals surface area contributed by atoms with Crippen molar-refractivity contribution in [3.8, 4) is 0 Å². The average molecular weight is 309 g/mol. The van der Waals surface area contributed by atoms with Crippen LogP contribution in [0, 0.1) is 0 Å². The molecule has 1 unspecified atom stereocenters. The Balaban J connectivity index is 0.00000220. The number of nitrogens with two attached hydrogens (primary N) is 1. The van der Waals surface area contributed by atoms with Crippen LogP contribution in [0.3, 0.4) is 0 Å². The third-order valence-corrected chi connectivity index (χ3v) is 2.92. The van der Waals surface area contributed by atoms with E-state index in [1.807, 2.05) is 36.0 Å². The first kappa shape index (κ1) is 17.2. The first-order chi connectivity index (χ1) is 9.63. The van der Waals surface area contributed by atoms with Crippen LogP contribution in [0.25, 0.3) is 0 Å². The van der Waals surface area contributed by atoms with Gasteiger partial charge in [-0.25, -0.2) is 0 Å². The molecular formula is C15H21ClN4O. The molecule has 1 heterocycles. The molecule has 6 heteroatoms. The number of hydrogen-bond donors (Lipinski definition) is 2. The molecule has 1 atom stereocenters. The van der Waals surface area contributed by atoms with Crippen molar-refractivity contribution < 1.29 is 4.79 Å². The fourth-order valence-electron chi connectivity index (χ4n) is 1.91. The molecule has 0 saturated heterocycles. The molecule has 114 valence electrons. The van der Waals surface area contributed by atoms with Gasteiger partial charge in [-0.1, -0.05) is 24.3 Å². The van der Waals surface area contributed by atoms with E-state index in [1.165, 1.54) is 5.56 Å². The van der Waals surface area contributed by atoms with Crippen molar-refractivity contribution in [2.45, 2.75) is 32.5 Å². The topological polar surface area (TPSA) is 72.9 Å². The highest BCUT2D eigenvalue weighted by atomic mass is 35.5. The standard InChI is InChI=1S/C15H20N4O.ClH/c1-12(16)9-15(20)17-10-13-3-5-14(6-4-13)11-19-8-2-7-18-19;/h2-8,12H,9-11,16H2,1H3,(H,17,20);1H. The minimum absolute atomic E-state index is 0. The summed E-state index contributed by atoms with van der Waals surface area (Å²) in [6.07, 6.45) is 4.06. The van der Waals surface area contributed by atoms with Gasteiger partial charge in [0.2, 0.25) is 5.91 Å². The van der Waals surface area contributed by atoms with Crippen molar-refractivity contribution >= 4 is 18.3 Å². The Bertz CT molecular complexity index is 537. The first-order valence-corrected chi connectivity index (χ1v) is 6.71. The van der Waals surface area contributed by atoms with E-state index in [1.54, 1.807) is 6.20 Å². The number of nitrogens with zero attached hydrogens (tertiary/aromatic N) is 2. The highest BCUT2D eigenvalue weighted by Crippen LogP contribution is 2.06. The van der Waals surface area contributed by atoms with Crippen LogP contribution in [-0.2, 0) is 17.9 Å². The zero-order valence-corrected chi connectivity index (χ0v) is 12.8. The fraction of sp³-hybridized carbons (Fsp3) is 0.333. The lowest BCUT2D eigenvalue weighted by atomic mass is 10.1. The molecule has 0 bridgehead atoms. The lowest BCUT2D eigenvalue weighted by molar-refractivity contribution is -0.121. The van der Waals surface area contributed by atoms with Crippen LogP contribution >= 0.6 is 12.4 Å². The smallest absolute Gasteiger partial charge is 0.221 e. The fourth-order valence-corrected chi connectivity index (χ4v) is 1.91. The van der Waals surface area contributed by atoms with Gasteiger partial charge in [0.25, 0.3) is 0 Å². The van der Waals surface area contributed by atoms with E-state index in [4.69, 9.17) is 5.73 Å². The second-order valence-corrected chi connectivity index (χ2v) is 4.98. The minimum Gasteiger partial charge on any atom is -0.352 e. The lowest BCUT2D eigenvalue weighted by Crippen LogP contribution is -2.29. The van der Waals surface area contributed by atoms with Gasteiger partial charge in [0.1, 0.15) is 0 Å². The maximum Gasteiger partial charge on any atom is 0.221 e. The van der Waals surface area contributed by atoms with Gasteiger partial charge in [-0.3, -0.25) is 9.48 Å². The van der Waals surface area contributed by atoms with Gasteiger partial charge in [-0.2, -0.15) is 5.10 Å². The number of aromatic nitrogens is 2. The summed E-state index contributed by atoms with van der Waals surface area (Å²) in [7, 11) is 0. The number of halogens is 1. The zero-order chi connectivity index (χ0) is 14.4. The van der Waals surface area contributed by atoms with Crippen molar-refractivity contribution in [3.05, 3.63) is 53.9 Å². The molecule has 2 aromatic rings. The molecule has 0 aliphatic carbocycles. The molecule has 0 aliphatic rings. The molecule has 0 saturated carbocycles. The maximum atomic E-state index is 11.5. The molecule has 21 heavy (non-hydrogen) atoms. The summed E-state index contributed by atoms with van der Waals surface area (Å²) >= 11 is 0. The number of rotatable bonds is 6. The molecule has 3 N–H and O–H groups in total. The molecule has 1 amide bonds. The third kappa shape index (κ3) is 5.97. The van der Waals surface area contributed by atoms with Gasteiger partial charge in [-0.05, 0) is 24.1 Å². The van der Waals surface area contributed by atoms with E-state index in [2.05, 4.69) is 22.5 Å². The molecule has 0 fully saturated rings. The Morgan fingerprint density at radius 2 is 2.00 bits per heavy atom. The average Bonchev–Trinajstić information content (AvgIpc) is 2.90. The van der Waals surface area contributed by atoms with Gasteiger partial charge in [0.15, 0.2) is 0 Å². The lowest BCUT2D eigenvalue weighted by Gasteiger charge is -2.08. The summed E-state index contributed by atoms with van der Waals surface area (Å²) in [6.45, 7) is 3.11. The van der Waals surface area contributed by atoms with Crippen LogP contribution in [0.4, 0.5) is 0 Å². The highest BCUT2D eigenvalue weighted by molar-refractivity contribution is 5.85. The molecule has 0 radical (unpaired) electrons. The predicted molar refractivity (Wildman–Crippen MR) is 85.1 cm³/mol. The van der Waals surface area contributed by atoms with Crippen LogP contribution in [0.15, 0.2) is 42.7 Å². The van der Waals surface area contributed by atoms with Crippen molar-refractivity contribution in [3.63, 3.8) is 0 Å². The minimum atomic E-state index is -0.105. The number of carbonyl (C=O) groups excluding carboxylic acids is 1. The van der Waals surface area contributed by atoms with Gasteiger partial charge < -0.3 is 11.1 Å². The Morgan fingerprint density at radius 1 is 1.33 bits per heavy atom. The molecule has 2 rings (SSSR count). The molecule has 5 nitrogen and oxygen atoms in total. The van der Waals surface area contributed by atoms with Crippen LogP contribution < -0.4 is 11.1 Å². The Morgan fingerprint density at radius 3 is 2.57 bits per heavy atom. The summed E-state index contributed by atoms with van der Waals surface area (Å²) in [6, 6.07) is 9.94. The molecule has 0 spiro atoms. The van der Waals surface area contributed by atoms with E-state index < -0.39 is 0 Å². The monoisotopic (exact) mass is 308 g/mol. The van der Waals surface area contributed by atoms with Gasteiger partial charge in [0.05, 0.1) is 6.54 Å². The number of nitrogens with one attached hydrogen (secondary N) is 1. The summed E-state index contributed by atoms with van der Waals surface area (Å²) in [5.41, 5.74) is 7.83. The van der Waals surface area contributed by atoms with Gasteiger partial charge >= 0.3 is 0 Å². The molecule has 1 aromatic heterocycles. The van der Waals surface area contributed by atoms with Crippen LogP contribution in [0.2, 0.25) is 0 Å². The van der Waals surface area contributed by atoms with Crippen LogP contribution in [0.5, 0.6) is 0 Å². The van der Waals surface area contributed by atoms with Crippen molar-refractivity contribution in [1.82, 2.24) is 15.1 Å². The number of benzene rings is 1. The Hall–Kier alpha value is -1.85. The molecular weight excluding hydrogens is 288 g/mol. The molecule has 0 aliphatic heterocycles. The zero-order valence-electron chi connectivity index (χ0n) is 12.0. The number of carbonyl (C=O) groups is 1. The summed E-state index contributed by atoms with van der Waals surface area (Å²) < 4.78 is 1.87. The van der Waals surface area contributed by atoms with Crippen molar-refractivity contribution in [1.29, 1.82) is 0 Å². The van der Waals surface area contributed by atoms with Gasteiger partial charge in [-0.15, -0.1) is 12.4 Å². The van der Waals surface area contributed by atoms with Crippen molar-refractivity contribution in [2.75, 3.05) is 0 Å². The van der Waals surface area contributed by atoms with E-state index >= 15 is 0 Å². The summed E-state index contributed by atoms with van der Waals surface area (Å²) in [5.74, 6) is -0.0133. The van der Waals surface area contributed by atoms with E-state index in [9.17, 15) is 4.79 Å². The SMILES string of the molecule is CC(N)CC(=O)NCc1ccc(Cn2cccn2)cc1.Cl. The normalized spacial score (nSPS) is 11.5. The van der Waals surface area contributed by atoms with Crippen LogP contribution in [0.1, 0.15) is 24.5 Å². The van der Waals surface area contributed by atoms with E-state index in [0.717, 1.165) is 12.1 Å². The summed E-state index contributed by atoms with van der Waals surface area (Å²) in [4.78, 5) is 11.5. The largest absolute Gasteiger partial charge is 0.352 e. The first-order valence-electron chi connectivity index (χ1n) is 6.71. The Kier molecular flexibility index (Phi) is 6.91. The van der Waals surface area contributed by atoms with E-state index in [-0.39, 0.29) is 24.4 Å². The summed E-state index contributed by atoms with van der Waals surface area (Å²) in [5, 5.41) is 7.03. The number of hydrogen-bond acceptors (Lipinski definition) is 3. The van der Waals surface area contributed by atoms with Crippen LogP contribution in [-0.4, -0.2) is 21.7 Å². The highest BCUT2D eigenvalue weighted by Gasteiger charge is 2.04. The third-order valence-electron chi connectivity index (χ3n) is 2.92. The quantitative estimate of drug-likeness (QED) is 0.853. The predicted octanol–water partition coefficient (Wildman–Crippen LogP) is 1.71.